The van der Waals surface area contributed by atoms with Gasteiger partial charge < -0.3 is 5.32 Å². The van der Waals surface area contributed by atoms with Crippen molar-refractivity contribution in [3.63, 3.8) is 0 Å². The molecular formula is C21H16BrN5O2S2. The molecular weight excluding hydrogens is 498 g/mol. The molecule has 0 spiro atoms. The van der Waals surface area contributed by atoms with Crippen molar-refractivity contribution in [2.45, 2.75) is 23.3 Å². The molecule has 2 aromatic carbocycles. The van der Waals surface area contributed by atoms with Gasteiger partial charge in [0.05, 0.1) is 15.1 Å². The molecule has 0 radical (unpaired) electrons. The van der Waals surface area contributed by atoms with E-state index in [1.54, 1.807) is 12.1 Å². The van der Waals surface area contributed by atoms with E-state index in [2.05, 4.69) is 55.6 Å². The summed E-state index contributed by atoms with van der Waals surface area (Å²) >= 11 is 4.83. The van der Waals surface area contributed by atoms with Gasteiger partial charge in [0.2, 0.25) is 14.9 Å². The minimum absolute atomic E-state index is 0.134. The van der Waals surface area contributed by atoms with Crippen LogP contribution in [0.25, 0.3) is 15.9 Å². The van der Waals surface area contributed by atoms with Crippen molar-refractivity contribution in [2.75, 3.05) is 5.32 Å². The second-order valence-electron chi connectivity index (χ2n) is 6.86. The molecule has 156 valence electrons. The Bertz CT molecular complexity index is 1510. The average Bonchev–Trinajstić information content (AvgIpc) is 3.42. The standard InChI is InChI=1S/C21H16BrN5O2S2/c1-2-13-3-7-15(8-4-13)23-19-18-17(11-12-30-18)27-20(24-19)21(25-26-27)31(28,29)16-9-5-14(22)6-10-16/h3-12H,2H2,1H3,(H,23,24). The predicted octanol–water partition coefficient (Wildman–Crippen LogP) is 5.24. The number of nitrogens with zero attached hydrogens (tertiary/aromatic N) is 4. The van der Waals surface area contributed by atoms with Crippen LogP contribution >= 0.6 is 27.3 Å². The fourth-order valence-electron chi connectivity index (χ4n) is 3.27. The van der Waals surface area contributed by atoms with E-state index in [9.17, 15) is 8.42 Å². The number of aromatic nitrogens is 4. The molecule has 7 nitrogen and oxygen atoms in total. The van der Waals surface area contributed by atoms with Gasteiger partial charge in [-0.05, 0) is 59.8 Å². The lowest BCUT2D eigenvalue weighted by molar-refractivity contribution is 0.592. The van der Waals surface area contributed by atoms with Crippen LogP contribution in [0.2, 0.25) is 0 Å². The van der Waals surface area contributed by atoms with Gasteiger partial charge in [0.15, 0.2) is 11.5 Å². The molecule has 0 bridgehead atoms. The summed E-state index contributed by atoms with van der Waals surface area (Å²) in [5, 5.41) is 13.2. The van der Waals surface area contributed by atoms with Crippen molar-refractivity contribution < 1.29 is 8.42 Å². The van der Waals surface area contributed by atoms with Gasteiger partial charge in [-0.25, -0.2) is 13.4 Å². The Morgan fingerprint density at radius 2 is 1.81 bits per heavy atom. The Morgan fingerprint density at radius 3 is 2.52 bits per heavy atom. The zero-order valence-electron chi connectivity index (χ0n) is 16.3. The first-order valence-corrected chi connectivity index (χ1v) is 12.6. The Balaban J connectivity index is 1.67. The molecule has 0 unspecified atom stereocenters. The Labute approximate surface area is 190 Å². The number of hydrogen-bond donors (Lipinski definition) is 1. The number of benzene rings is 2. The summed E-state index contributed by atoms with van der Waals surface area (Å²) in [5.74, 6) is 0.566. The molecule has 10 heteroatoms. The largest absolute Gasteiger partial charge is 0.339 e. The van der Waals surface area contributed by atoms with Crippen LogP contribution in [0.4, 0.5) is 11.5 Å². The van der Waals surface area contributed by atoms with Crippen LogP contribution in [-0.2, 0) is 16.3 Å². The van der Waals surface area contributed by atoms with Crippen LogP contribution in [0, 0.1) is 0 Å². The van der Waals surface area contributed by atoms with Crippen molar-refractivity contribution in [3.8, 4) is 0 Å². The first kappa shape index (κ1) is 20.1. The quantitative estimate of drug-likeness (QED) is 0.345. The minimum Gasteiger partial charge on any atom is -0.339 e. The third-order valence-electron chi connectivity index (χ3n) is 4.93. The van der Waals surface area contributed by atoms with Crippen LogP contribution < -0.4 is 5.32 Å². The van der Waals surface area contributed by atoms with Crippen molar-refractivity contribution in [1.29, 1.82) is 0 Å². The molecule has 3 heterocycles. The second kappa shape index (κ2) is 7.70. The Hall–Kier alpha value is -2.82. The summed E-state index contributed by atoms with van der Waals surface area (Å²) in [6.07, 6.45) is 0.957. The monoisotopic (exact) mass is 513 g/mol. The number of fused-ring (bicyclic) bond motifs is 3. The van der Waals surface area contributed by atoms with Crippen LogP contribution in [0.3, 0.4) is 0 Å². The summed E-state index contributed by atoms with van der Waals surface area (Å²) < 4.78 is 29.6. The van der Waals surface area contributed by atoms with E-state index in [1.807, 2.05) is 23.6 Å². The summed E-state index contributed by atoms with van der Waals surface area (Å²) in [6, 6.07) is 16.4. The zero-order chi connectivity index (χ0) is 21.6. The maximum atomic E-state index is 13.2. The van der Waals surface area contributed by atoms with Gasteiger partial charge in [0.25, 0.3) is 0 Å². The fourth-order valence-corrected chi connectivity index (χ4v) is 5.58. The molecule has 0 aliphatic heterocycles. The minimum atomic E-state index is -3.89. The average molecular weight is 514 g/mol. The SMILES string of the molecule is CCc1ccc(Nc2nc3c(S(=O)(=O)c4ccc(Br)cc4)nnn3c3ccsc23)cc1. The van der Waals surface area contributed by atoms with Gasteiger partial charge >= 0.3 is 0 Å². The highest BCUT2D eigenvalue weighted by Crippen LogP contribution is 2.32. The number of sulfone groups is 1. The molecule has 31 heavy (non-hydrogen) atoms. The molecule has 5 aromatic rings. The molecule has 0 aliphatic carbocycles. The highest BCUT2D eigenvalue weighted by atomic mass is 79.9. The number of aryl methyl sites for hydroxylation is 1. The van der Waals surface area contributed by atoms with Gasteiger partial charge in [-0.2, -0.15) is 4.52 Å². The van der Waals surface area contributed by atoms with E-state index in [-0.39, 0.29) is 15.6 Å². The maximum absolute atomic E-state index is 13.2. The van der Waals surface area contributed by atoms with Gasteiger partial charge in [-0.3, -0.25) is 0 Å². The van der Waals surface area contributed by atoms with Crippen molar-refractivity contribution in [1.82, 2.24) is 19.8 Å². The van der Waals surface area contributed by atoms with Crippen molar-refractivity contribution in [3.05, 3.63) is 70.0 Å². The van der Waals surface area contributed by atoms with E-state index < -0.39 is 9.84 Å². The van der Waals surface area contributed by atoms with Crippen LogP contribution in [0.1, 0.15) is 12.5 Å². The third kappa shape index (κ3) is 3.50. The lowest BCUT2D eigenvalue weighted by Crippen LogP contribution is -2.05. The van der Waals surface area contributed by atoms with Gasteiger partial charge in [0, 0.05) is 10.2 Å². The van der Waals surface area contributed by atoms with E-state index in [1.165, 1.54) is 33.5 Å². The summed E-state index contributed by atoms with van der Waals surface area (Å²) in [5.41, 5.74) is 3.03. The zero-order valence-corrected chi connectivity index (χ0v) is 19.5. The van der Waals surface area contributed by atoms with Crippen molar-refractivity contribution >= 4 is 64.5 Å². The number of halogens is 1. The highest BCUT2D eigenvalue weighted by molar-refractivity contribution is 9.10. The van der Waals surface area contributed by atoms with Gasteiger partial charge in [0.1, 0.15) is 0 Å². The van der Waals surface area contributed by atoms with Gasteiger partial charge in [-0.1, -0.05) is 40.2 Å². The maximum Gasteiger partial charge on any atom is 0.229 e. The van der Waals surface area contributed by atoms with E-state index in [4.69, 9.17) is 0 Å². The molecule has 0 saturated carbocycles. The number of nitrogens with one attached hydrogen (secondary N) is 1. The van der Waals surface area contributed by atoms with Crippen molar-refractivity contribution in [2.24, 2.45) is 0 Å². The molecule has 0 aliphatic rings. The third-order valence-corrected chi connectivity index (χ3v) is 8.03. The van der Waals surface area contributed by atoms with Crippen LogP contribution in [0.5, 0.6) is 0 Å². The molecule has 0 atom stereocenters. The highest BCUT2D eigenvalue weighted by Gasteiger charge is 2.27. The normalized spacial score (nSPS) is 11.9. The van der Waals surface area contributed by atoms with Crippen LogP contribution in [-0.4, -0.2) is 28.2 Å². The number of rotatable bonds is 5. The number of thiophene rings is 1. The van der Waals surface area contributed by atoms with E-state index in [0.29, 0.717) is 5.82 Å². The fraction of sp³-hybridized carbons (Fsp3) is 0.0952. The second-order valence-corrected chi connectivity index (χ2v) is 10.6. The molecule has 3 aromatic heterocycles. The molecule has 5 rings (SSSR count). The molecule has 0 saturated heterocycles. The van der Waals surface area contributed by atoms with E-state index in [0.717, 1.165) is 26.8 Å². The number of hydrogen-bond acceptors (Lipinski definition) is 7. The molecule has 0 amide bonds. The summed E-state index contributed by atoms with van der Waals surface area (Å²) in [6.45, 7) is 2.10. The predicted molar refractivity (Wildman–Crippen MR) is 125 cm³/mol. The van der Waals surface area contributed by atoms with E-state index >= 15 is 0 Å². The topological polar surface area (TPSA) is 89.2 Å². The smallest absolute Gasteiger partial charge is 0.229 e. The lowest BCUT2D eigenvalue weighted by Gasteiger charge is -2.09. The first-order chi connectivity index (χ1) is 15.0. The summed E-state index contributed by atoms with van der Waals surface area (Å²) in [7, 11) is -3.89. The number of anilines is 2. The summed E-state index contributed by atoms with van der Waals surface area (Å²) in [4.78, 5) is 4.77. The lowest BCUT2D eigenvalue weighted by atomic mass is 10.1. The Kier molecular flexibility index (Phi) is 4.99. The van der Waals surface area contributed by atoms with Gasteiger partial charge in [-0.15, -0.1) is 16.4 Å². The Morgan fingerprint density at radius 1 is 1.06 bits per heavy atom. The first-order valence-electron chi connectivity index (χ1n) is 9.46. The van der Waals surface area contributed by atoms with Crippen LogP contribution in [0.15, 0.2) is 74.4 Å². The molecule has 1 N–H and O–H groups in total. The molecule has 0 fully saturated rings.